The van der Waals surface area contributed by atoms with E-state index in [9.17, 15) is 33.5 Å². The van der Waals surface area contributed by atoms with Crippen LogP contribution in [0.1, 0.15) is 30.0 Å². The maximum absolute atomic E-state index is 14.4. The highest BCUT2D eigenvalue weighted by Crippen LogP contribution is 2.37. The molecule has 4 amide bonds. The number of β-amino-alcohol motifs (C(OH)–C–C–N with tert-alkyl or cyclic N) is 1. The highest BCUT2D eigenvalue weighted by atomic mass is 19.2. The van der Waals surface area contributed by atoms with Gasteiger partial charge in [0.25, 0.3) is 0 Å². The van der Waals surface area contributed by atoms with Gasteiger partial charge in [0.2, 0.25) is 0 Å². The molecule has 0 saturated carbocycles. The average molecular weight is 639 g/mol. The van der Waals surface area contributed by atoms with Gasteiger partial charge in [0, 0.05) is 51.8 Å². The number of nitrogens with zero attached hydrogens (tertiary/aromatic N) is 4. The molecule has 3 N–H and O–H groups in total. The van der Waals surface area contributed by atoms with Gasteiger partial charge < -0.3 is 35.0 Å². The van der Waals surface area contributed by atoms with Gasteiger partial charge in [-0.25, -0.2) is 28.1 Å². The zero-order valence-corrected chi connectivity index (χ0v) is 25.5. The fraction of sp³-hybridized carbons (Fsp3) is 0.438. The van der Waals surface area contributed by atoms with Crippen LogP contribution in [-0.2, 0) is 14.3 Å². The molecule has 0 bridgehead atoms. The van der Waals surface area contributed by atoms with Gasteiger partial charge in [-0.15, -0.1) is 0 Å². The van der Waals surface area contributed by atoms with E-state index < -0.39 is 41.8 Å². The molecule has 2 fully saturated rings. The molecule has 0 radical (unpaired) electrons. The standard InChI is InChI=1S/C32H36F2N6O6/c1-45-18-25-28(30(42)46-2)29(19-7-8-23(33)24(34)13-19)40(31(43)37-25)32(44)39-16-21(27(41)17-39)15-36-22-9-11-38(12-10-22)26-6-4-3-5-20(26)14-35/h3-8,13,21-22,27,29,36,41H,9-12,15-18H2,1-2H3,(H,37,43)/t21?,27?,29-/m0/s1. The Morgan fingerprint density at radius 2 is 1.85 bits per heavy atom. The first-order valence-electron chi connectivity index (χ1n) is 15.0. The second-order valence-corrected chi connectivity index (χ2v) is 11.5. The number of nitrogens with one attached hydrogen (secondary N) is 2. The maximum atomic E-state index is 14.4. The first-order chi connectivity index (χ1) is 22.2. The second kappa shape index (κ2) is 14.2. The van der Waals surface area contributed by atoms with Crippen LogP contribution in [-0.4, -0.2) is 98.6 Å². The summed E-state index contributed by atoms with van der Waals surface area (Å²) >= 11 is 0. The lowest BCUT2D eigenvalue weighted by molar-refractivity contribution is -0.137. The van der Waals surface area contributed by atoms with Crippen molar-refractivity contribution in [1.82, 2.24) is 20.4 Å². The fourth-order valence-corrected chi connectivity index (χ4v) is 6.32. The Hall–Kier alpha value is -4.58. The summed E-state index contributed by atoms with van der Waals surface area (Å²) in [6, 6.07) is 9.56. The smallest absolute Gasteiger partial charge is 0.338 e. The van der Waals surface area contributed by atoms with Crippen molar-refractivity contribution in [2.75, 3.05) is 58.5 Å². The topological polar surface area (TPSA) is 147 Å². The van der Waals surface area contributed by atoms with E-state index in [1.165, 1.54) is 18.1 Å². The number of aliphatic hydroxyl groups is 1. The maximum Gasteiger partial charge on any atom is 0.338 e. The lowest BCUT2D eigenvalue weighted by Gasteiger charge is -2.38. The number of para-hydroxylation sites is 1. The lowest BCUT2D eigenvalue weighted by atomic mass is 9.93. The van der Waals surface area contributed by atoms with E-state index in [0.29, 0.717) is 12.1 Å². The zero-order valence-electron chi connectivity index (χ0n) is 25.5. The van der Waals surface area contributed by atoms with Crippen LogP contribution in [0, 0.1) is 28.9 Å². The van der Waals surface area contributed by atoms with Crippen molar-refractivity contribution in [1.29, 1.82) is 5.26 Å². The minimum absolute atomic E-state index is 0.0174. The first-order valence-corrected chi connectivity index (χ1v) is 15.0. The normalized spacial score (nSPS) is 22.1. The molecule has 3 atom stereocenters. The van der Waals surface area contributed by atoms with E-state index in [-0.39, 0.29) is 48.5 Å². The summed E-state index contributed by atoms with van der Waals surface area (Å²) in [5, 5.41) is 26.4. The molecule has 2 aromatic rings. The fourth-order valence-electron chi connectivity index (χ4n) is 6.32. The number of esters is 1. The molecule has 0 spiro atoms. The number of carbonyl (C=O) groups excluding carboxylic acids is 3. The molecule has 5 rings (SSSR count). The Bertz CT molecular complexity index is 1560. The summed E-state index contributed by atoms with van der Waals surface area (Å²) in [7, 11) is 2.46. The number of ether oxygens (including phenoxy) is 2. The van der Waals surface area contributed by atoms with Gasteiger partial charge in [0.1, 0.15) is 12.1 Å². The highest BCUT2D eigenvalue weighted by molar-refractivity contribution is 6.01. The SMILES string of the molecule is COCC1=C(C(=O)OC)[C@H](c2ccc(F)c(F)c2)N(C(=O)N2CC(O)C(CNC3CCN(c4ccccc4C#N)CC3)C2)C(=O)N1. The Kier molecular flexibility index (Phi) is 10.2. The largest absolute Gasteiger partial charge is 0.466 e. The van der Waals surface area contributed by atoms with Crippen LogP contribution >= 0.6 is 0 Å². The summed E-state index contributed by atoms with van der Waals surface area (Å²) in [6.07, 6.45) is 0.747. The Morgan fingerprint density at radius 3 is 2.52 bits per heavy atom. The van der Waals surface area contributed by atoms with Crippen molar-refractivity contribution in [2.45, 2.75) is 31.0 Å². The van der Waals surface area contributed by atoms with Crippen LogP contribution in [0.3, 0.4) is 0 Å². The van der Waals surface area contributed by atoms with E-state index in [1.807, 2.05) is 18.2 Å². The quantitative estimate of drug-likeness (QED) is 0.372. The Morgan fingerprint density at radius 1 is 1.11 bits per heavy atom. The molecular formula is C32H36F2N6O6. The molecule has 0 aromatic heterocycles. The predicted octanol–water partition coefficient (Wildman–Crippen LogP) is 2.65. The molecule has 0 aliphatic carbocycles. The van der Waals surface area contributed by atoms with Gasteiger partial charge in [-0.05, 0) is 42.7 Å². The average Bonchev–Trinajstić information content (AvgIpc) is 3.44. The van der Waals surface area contributed by atoms with Crippen LogP contribution < -0.4 is 15.5 Å². The molecular weight excluding hydrogens is 602 g/mol. The number of urea groups is 2. The molecule has 244 valence electrons. The lowest BCUT2D eigenvalue weighted by Crippen LogP contribution is -2.56. The molecule has 14 heteroatoms. The number of methoxy groups -OCH3 is 2. The van der Waals surface area contributed by atoms with Crippen molar-refractivity contribution in [3.8, 4) is 6.07 Å². The number of hydrogen-bond acceptors (Lipinski definition) is 9. The van der Waals surface area contributed by atoms with Gasteiger partial charge in [0.05, 0.1) is 42.3 Å². The number of likely N-dealkylation sites (tertiary alicyclic amines) is 1. The first kappa shape index (κ1) is 32.8. The molecule has 3 heterocycles. The molecule has 3 aliphatic heterocycles. The minimum atomic E-state index is -1.46. The van der Waals surface area contributed by atoms with E-state index in [4.69, 9.17) is 9.47 Å². The third kappa shape index (κ3) is 6.67. The molecule has 12 nitrogen and oxygen atoms in total. The van der Waals surface area contributed by atoms with Gasteiger partial charge >= 0.3 is 18.0 Å². The third-order valence-corrected chi connectivity index (χ3v) is 8.70. The summed E-state index contributed by atoms with van der Waals surface area (Å²) in [6.45, 7) is 1.73. The molecule has 46 heavy (non-hydrogen) atoms. The minimum Gasteiger partial charge on any atom is -0.466 e. The summed E-state index contributed by atoms with van der Waals surface area (Å²) in [5.74, 6) is -3.62. The summed E-state index contributed by atoms with van der Waals surface area (Å²) in [5.41, 5.74) is 1.35. The van der Waals surface area contributed by atoms with E-state index in [2.05, 4.69) is 21.6 Å². The van der Waals surface area contributed by atoms with Crippen LogP contribution in [0.2, 0.25) is 0 Å². The van der Waals surface area contributed by atoms with Crippen molar-refractivity contribution in [3.63, 3.8) is 0 Å². The summed E-state index contributed by atoms with van der Waals surface area (Å²) < 4.78 is 38.3. The van der Waals surface area contributed by atoms with Crippen molar-refractivity contribution >= 4 is 23.7 Å². The zero-order chi connectivity index (χ0) is 33.0. The molecule has 2 aromatic carbocycles. The number of rotatable bonds is 8. The van der Waals surface area contributed by atoms with Crippen molar-refractivity contribution < 1.29 is 37.7 Å². The molecule has 2 saturated heterocycles. The monoisotopic (exact) mass is 638 g/mol. The second-order valence-electron chi connectivity index (χ2n) is 11.5. The van der Waals surface area contributed by atoms with Gasteiger partial charge in [-0.1, -0.05) is 18.2 Å². The van der Waals surface area contributed by atoms with Crippen molar-refractivity contribution in [2.24, 2.45) is 5.92 Å². The highest BCUT2D eigenvalue weighted by Gasteiger charge is 2.46. The predicted molar refractivity (Wildman–Crippen MR) is 161 cm³/mol. The number of carbonyl (C=O) groups is 3. The number of imide groups is 1. The van der Waals surface area contributed by atoms with Crippen molar-refractivity contribution in [3.05, 3.63) is 76.5 Å². The van der Waals surface area contributed by atoms with E-state index >= 15 is 0 Å². The van der Waals surface area contributed by atoms with Crippen LogP contribution in [0.15, 0.2) is 53.7 Å². The van der Waals surface area contributed by atoms with E-state index in [0.717, 1.165) is 55.8 Å². The summed E-state index contributed by atoms with van der Waals surface area (Å²) in [4.78, 5) is 44.6. The molecule has 3 aliphatic rings. The van der Waals surface area contributed by atoms with Gasteiger partial charge in [0.15, 0.2) is 11.6 Å². The number of anilines is 1. The van der Waals surface area contributed by atoms with E-state index in [1.54, 1.807) is 6.07 Å². The number of nitriles is 1. The molecule has 2 unspecified atom stereocenters. The van der Waals surface area contributed by atoms with Crippen LogP contribution in [0.25, 0.3) is 0 Å². The number of hydrogen-bond donors (Lipinski definition) is 3. The number of aliphatic hydroxyl groups excluding tert-OH is 1. The number of benzene rings is 2. The third-order valence-electron chi connectivity index (χ3n) is 8.70. The van der Waals surface area contributed by atoms with Crippen LogP contribution in [0.5, 0.6) is 0 Å². The van der Waals surface area contributed by atoms with Gasteiger partial charge in [-0.2, -0.15) is 5.26 Å². The Labute approximate surface area is 265 Å². The number of piperidine rings is 1. The van der Waals surface area contributed by atoms with Gasteiger partial charge in [-0.3, -0.25) is 0 Å². The Balaban J connectivity index is 1.29. The number of halogens is 2. The number of amides is 4. The van der Waals surface area contributed by atoms with Crippen LogP contribution in [0.4, 0.5) is 24.1 Å².